The van der Waals surface area contributed by atoms with Crippen LogP contribution in [0.3, 0.4) is 0 Å². The molecule has 0 aliphatic rings. The predicted molar refractivity (Wildman–Crippen MR) is 93.9 cm³/mol. The molecular weight excluding hydrogens is 326 g/mol. The van der Waals surface area contributed by atoms with E-state index in [4.69, 9.17) is 16.3 Å². The maximum Gasteiger partial charge on any atom is 0.269 e. The third-order valence-corrected chi connectivity index (χ3v) is 3.57. The van der Waals surface area contributed by atoms with Crippen LogP contribution in [0.2, 0.25) is 0 Å². The summed E-state index contributed by atoms with van der Waals surface area (Å²) in [6, 6.07) is 9.41. The third kappa shape index (κ3) is 5.04. The van der Waals surface area contributed by atoms with Gasteiger partial charge in [0, 0.05) is 25.4 Å². The van der Waals surface area contributed by atoms with Crippen molar-refractivity contribution in [2.45, 2.75) is 26.3 Å². The number of ether oxygens (including phenoxy) is 1. The summed E-state index contributed by atoms with van der Waals surface area (Å²) < 4.78 is 7.19. The van der Waals surface area contributed by atoms with Gasteiger partial charge in [-0.2, -0.15) is 5.10 Å². The SMILES string of the molecule is CCc1cc(C(=O)NCc2cccc(OCCC#CCl)c2)n(C)n1. The van der Waals surface area contributed by atoms with E-state index in [-0.39, 0.29) is 5.91 Å². The highest BCUT2D eigenvalue weighted by molar-refractivity contribution is 6.30. The lowest BCUT2D eigenvalue weighted by Crippen LogP contribution is -2.25. The first kappa shape index (κ1) is 17.9. The third-order valence-electron chi connectivity index (χ3n) is 3.44. The molecule has 1 aromatic heterocycles. The quantitative estimate of drug-likeness (QED) is 0.620. The van der Waals surface area contributed by atoms with Crippen molar-refractivity contribution in [1.82, 2.24) is 15.1 Å². The number of carbonyl (C=O) groups excluding carboxylic acids is 1. The summed E-state index contributed by atoms with van der Waals surface area (Å²) in [6.07, 6.45) is 1.37. The molecule has 0 fully saturated rings. The fourth-order valence-corrected chi connectivity index (χ4v) is 2.29. The fourth-order valence-electron chi connectivity index (χ4n) is 2.20. The lowest BCUT2D eigenvalue weighted by Gasteiger charge is -2.08. The molecule has 6 heteroatoms. The van der Waals surface area contributed by atoms with Crippen molar-refractivity contribution in [2.24, 2.45) is 7.05 Å². The van der Waals surface area contributed by atoms with Crippen LogP contribution in [0.1, 0.15) is 35.1 Å². The van der Waals surface area contributed by atoms with Crippen molar-refractivity contribution in [1.29, 1.82) is 0 Å². The smallest absolute Gasteiger partial charge is 0.269 e. The first-order valence-corrected chi connectivity index (χ1v) is 8.13. The number of halogens is 1. The number of aryl methyl sites for hydroxylation is 2. The van der Waals surface area contributed by atoms with Crippen LogP contribution < -0.4 is 10.1 Å². The van der Waals surface area contributed by atoms with E-state index in [2.05, 4.69) is 21.7 Å². The van der Waals surface area contributed by atoms with Crippen molar-refractivity contribution in [3.8, 4) is 17.0 Å². The second-order valence-corrected chi connectivity index (χ2v) is 5.39. The zero-order valence-electron chi connectivity index (χ0n) is 13.8. The molecule has 0 unspecified atom stereocenters. The Morgan fingerprint density at radius 3 is 2.96 bits per heavy atom. The molecule has 1 aromatic carbocycles. The number of rotatable bonds is 7. The Labute approximate surface area is 147 Å². The average Bonchev–Trinajstić information content (AvgIpc) is 2.98. The Kier molecular flexibility index (Phi) is 6.71. The van der Waals surface area contributed by atoms with Crippen LogP contribution in [0, 0.1) is 11.3 Å². The molecule has 126 valence electrons. The summed E-state index contributed by atoms with van der Waals surface area (Å²) in [5.41, 5.74) is 2.42. The fraction of sp³-hybridized carbons (Fsp3) is 0.333. The molecule has 2 rings (SSSR count). The summed E-state index contributed by atoms with van der Waals surface area (Å²) in [6.45, 7) is 2.91. The van der Waals surface area contributed by atoms with Crippen LogP contribution in [0.4, 0.5) is 0 Å². The van der Waals surface area contributed by atoms with E-state index in [0.29, 0.717) is 25.3 Å². The molecule has 5 nitrogen and oxygen atoms in total. The van der Waals surface area contributed by atoms with E-state index in [1.165, 1.54) is 0 Å². The van der Waals surface area contributed by atoms with Gasteiger partial charge in [-0.15, -0.1) is 0 Å². The number of amides is 1. The number of aromatic nitrogens is 2. The largest absolute Gasteiger partial charge is 0.493 e. The first-order chi connectivity index (χ1) is 11.6. The molecule has 1 N–H and O–H groups in total. The Morgan fingerprint density at radius 2 is 2.25 bits per heavy atom. The molecule has 1 amide bonds. The molecule has 0 atom stereocenters. The number of nitrogens with one attached hydrogen (secondary N) is 1. The van der Waals surface area contributed by atoms with Gasteiger partial charge in [0.25, 0.3) is 5.91 Å². The molecule has 0 aliphatic carbocycles. The van der Waals surface area contributed by atoms with Gasteiger partial charge in [0.2, 0.25) is 0 Å². The van der Waals surface area contributed by atoms with Crippen molar-refractivity contribution in [2.75, 3.05) is 6.61 Å². The summed E-state index contributed by atoms with van der Waals surface area (Å²) in [4.78, 5) is 12.3. The number of hydrogen-bond donors (Lipinski definition) is 1. The van der Waals surface area contributed by atoms with Gasteiger partial charge in [-0.1, -0.05) is 25.0 Å². The Bertz CT molecular complexity index is 759. The minimum Gasteiger partial charge on any atom is -0.493 e. The van der Waals surface area contributed by atoms with Gasteiger partial charge >= 0.3 is 0 Å². The minimum absolute atomic E-state index is 0.145. The average molecular weight is 346 g/mol. The second kappa shape index (κ2) is 8.99. The minimum atomic E-state index is -0.145. The number of benzene rings is 1. The molecule has 0 bridgehead atoms. The Morgan fingerprint density at radius 1 is 1.42 bits per heavy atom. The van der Waals surface area contributed by atoms with Gasteiger partial charge in [0.15, 0.2) is 0 Å². The Balaban J connectivity index is 1.92. The van der Waals surface area contributed by atoms with Crippen LogP contribution in [-0.4, -0.2) is 22.3 Å². The van der Waals surface area contributed by atoms with E-state index in [1.54, 1.807) is 11.7 Å². The van der Waals surface area contributed by atoms with Crippen molar-refractivity contribution >= 4 is 17.5 Å². The van der Waals surface area contributed by atoms with Crippen molar-refractivity contribution in [3.63, 3.8) is 0 Å². The highest BCUT2D eigenvalue weighted by Gasteiger charge is 2.12. The molecule has 24 heavy (non-hydrogen) atoms. The monoisotopic (exact) mass is 345 g/mol. The molecule has 1 heterocycles. The standard InChI is InChI=1S/C18H20ClN3O2/c1-3-15-12-17(22(2)21-15)18(23)20-13-14-7-6-8-16(11-14)24-10-5-4-9-19/h6-8,11-12H,3,5,10,13H2,1-2H3,(H,20,23). The van der Waals surface area contributed by atoms with E-state index < -0.39 is 0 Å². The van der Waals surface area contributed by atoms with Crippen LogP contribution >= 0.6 is 11.6 Å². The first-order valence-electron chi connectivity index (χ1n) is 7.75. The van der Waals surface area contributed by atoms with Crippen LogP contribution in [0.25, 0.3) is 0 Å². The molecule has 0 aliphatic heterocycles. The molecule has 0 saturated carbocycles. The second-order valence-electron chi connectivity index (χ2n) is 5.20. The predicted octanol–water partition coefficient (Wildman–Crippen LogP) is 2.88. The maximum absolute atomic E-state index is 12.3. The van der Waals surface area contributed by atoms with Crippen LogP contribution in [-0.2, 0) is 20.0 Å². The van der Waals surface area contributed by atoms with Gasteiger partial charge in [0.05, 0.1) is 12.3 Å². The van der Waals surface area contributed by atoms with Crippen molar-refractivity contribution in [3.05, 3.63) is 47.3 Å². The lowest BCUT2D eigenvalue weighted by atomic mass is 10.2. The van der Waals surface area contributed by atoms with E-state index in [0.717, 1.165) is 23.4 Å². The zero-order chi connectivity index (χ0) is 17.4. The van der Waals surface area contributed by atoms with Gasteiger partial charge in [-0.3, -0.25) is 9.48 Å². The van der Waals surface area contributed by atoms with Gasteiger partial charge in [-0.05, 0) is 41.8 Å². The summed E-state index contributed by atoms with van der Waals surface area (Å²) in [5, 5.41) is 9.50. The topological polar surface area (TPSA) is 56.1 Å². The highest BCUT2D eigenvalue weighted by atomic mass is 35.5. The normalized spacial score (nSPS) is 9.96. The summed E-state index contributed by atoms with van der Waals surface area (Å²) in [7, 11) is 1.77. The van der Waals surface area contributed by atoms with Gasteiger partial charge < -0.3 is 10.1 Å². The highest BCUT2D eigenvalue weighted by Crippen LogP contribution is 2.14. The van der Waals surface area contributed by atoms with E-state index in [1.807, 2.05) is 37.3 Å². The van der Waals surface area contributed by atoms with Crippen molar-refractivity contribution < 1.29 is 9.53 Å². The van der Waals surface area contributed by atoms with Gasteiger partial charge in [0.1, 0.15) is 11.4 Å². The number of hydrogen-bond acceptors (Lipinski definition) is 3. The lowest BCUT2D eigenvalue weighted by molar-refractivity contribution is 0.0941. The summed E-state index contributed by atoms with van der Waals surface area (Å²) >= 11 is 5.29. The molecule has 0 spiro atoms. The van der Waals surface area contributed by atoms with E-state index in [9.17, 15) is 4.79 Å². The molecule has 2 aromatic rings. The van der Waals surface area contributed by atoms with Crippen LogP contribution in [0.5, 0.6) is 5.75 Å². The molecule has 0 saturated heterocycles. The maximum atomic E-state index is 12.3. The van der Waals surface area contributed by atoms with Crippen LogP contribution in [0.15, 0.2) is 30.3 Å². The zero-order valence-corrected chi connectivity index (χ0v) is 14.6. The van der Waals surface area contributed by atoms with E-state index >= 15 is 0 Å². The Hall–Kier alpha value is -2.45. The number of nitrogens with zero attached hydrogens (tertiary/aromatic N) is 2. The molecular formula is C18H20ClN3O2. The summed E-state index contributed by atoms with van der Waals surface area (Å²) in [5.74, 6) is 3.33. The molecule has 0 radical (unpaired) electrons. The van der Waals surface area contributed by atoms with Gasteiger partial charge in [-0.25, -0.2) is 0 Å². The number of carbonyl (C=O) groups is 1.